The maximum atomic E-state index is 13.0. The van der Waals surface area contributed by atoms with E-state index in [1.165, 1.54) is 17.3 Å². The molecular formula is C22H23ClN2O2S. The van der Waals surface area contributed by atoms with Gasteiger partial charge in [-0.3, -0.25) is 14.2 Å². The Morgan fingerprint density at radius 3 is 2.54 bits per heavy atom. The van der Waals surface area contributed by atoms with Crippen LogP contribution in [0.1, 0.15) is 36.7 Å². The van der Waals surface area contributed by atoms with E-state index in [-0.39, 0.29) is 23.0 Å². The number of benzene rings is 2. The van der Waals surface area contributed by atoms with Crippen LogP contribution < -0.4 is 5.56 Å². The molecule has 146 valence electrons. The van der Waals surface area contributed by atoms with Crippen LogP contribution in [0.3, 0.4) is 0 Å². The van der Waals surface area contributed by atoms with Gasteiger partial charge < -0.3 is 0 Å². The molecule has 0 atom stereocenters. The van der Waals surface area contributed by atoms with Crippen molar-refractivity contribution in [3.8, 4) is 0 Å². The summed E-state index contributed by atoms with van der Waals surface area (Å²) in [5, 5.41) is 1.57. The second kappa shape index (κ2) is 8.93. The van der Waals surface area contributed by atoms with Gasteiger partial charge in [-0.15, -0.1) is 0 Å². The van der Waals surface area contributed by atoms with Crippen molar-refractivity contribution in [2.75, 3.05) is 5.75 Å². The van der Waals surface area contributed by atoms with Crippen molar-refractivity contribution < 1.29 is 4.79 Å². The number of fused-ring (bicyclic) bond motifs is 1. The summed E-state index contributed by atoms with van der Waals surface area (Å²) >= 11 is 7.36. The zero-order valence-electron chi connectivity index (χ0n) is 16.2. The van der Waals surface area contributed by atoms with Gasteiger partial charge in [0.1, 0.15) is 0 Å². The molecule has 0 bridgehead atoms. The van der Waals surface area contributed by atoms with Gasteiger partial charge in [-0.25, -0.2) is 4.98 Å². The predicted molar refractivity (Wildman–Crippen MR) is 117 cm³/mol. The lowest BCUT2D eigenvalue weighted by atomic mass is 10.1. The monoisotopic (exact) mass is 414 g/mol. The second-order valence-electron chi connectivity index (χ2n) is 7.13. The molecular weight excluding hydrogens is 392 g/mol. The van der Waals surface area contributed by atoms with Gasteiger partial charge in [0.25, 0.3) is 5.56 Å². The minimum Gasteiger partial charge on any atom is -0.293 e. The SMILES string of the molecule is CCc1ccc(C(=O)CSc2nc3ccc(Cl)cc3c(=O)n2CC(C)C)cc1. The summed E-state index contributed by atoms with van der Waals surface area (Å²) in [5.41, 5.74) is 2.35. The summed E-state index contributed by atoms with van der Waals surface area (Å²) in [6.45, 7) is 6.71. The third-order valence-corrected chi connectivity index (χ3v) is 5.66. The molecule has 0 radical (unpaired) electrons. The Morgan fingerprint density at radius 1 is 1.18 bits per heavy atom. The van der Waals surface area contributed by atoms with Crippen LogP contribution >= 0.6 is 23.4 Å². The van der Waals surface area contributed by atoms with Gasteiger partial charge in [0.05, 0.1) is 16.7 Å². The quantitative estimate of drug-likeness (QED) is 0.301. The van der Waals surface area contributed by atoms with Crippen molar-refractivity contribution in [3.05, 3.63) is 69.0 Å². The molecule has 0 N–H and O–H groups in total. The summed E-state index contributed by atoms with van der Waals surface area (Å²) in [4.78, 5) is 30.2. The van der Waals surface area contributed by atoms with Crippen LogP contribution in [0.25, 0.3) is 10.9 Å². The molecule has 4 nitrogen and oxygen atoms in total. The molecule has 0 spiro atoms. The van der Waals surface area contributed by atoms with Crippen LogP contribution in [-0.2, 0) is 13.0 Å². The molecule has 0 aliphatic carbocycles. The van der Waals surface area contributed by atoms with Crippen molar-refractivity contribution in [2.45, 2.75) is 38.9 Å². The molecule has 6 heteroatoms. The topological polar surface area (TPSA) is 52.0 Å². The number of nitrogens with zero attached hydrogens (tertiary/aromatic N) is 2. The van der Waals surface area contributed by atoms with E-state index in [4.69, 9.17) is 11.6 Å². The van der Waals surface area contributed by atoms with E-state index in [9.17, 15) is 9.59 Å². The molecule has 3 rings (SSSR count). The summed E-state index contributed by atoms with van der Waals surface area (Å²) in [6.07, 6.45) is 0.940. The lowest BCUT2D eigenvalue weighted by Crippen LogP contribution is -2.25. The van der Waals surface area contributed by atoms with Crippen LogP contribution in [0.4, 0.5) is 0 Å². The molecule has 1 aromatic heterocycles. The van der Waals surface area contributed by atoms with E-state index in [1.54, 1.807) is 22.8 Å². The number of aromatic nitrogens is 2. The van der Waals surface area contributed by atoms with Gasteiger partial charge in [-0.05, 0) is 36.1 Å². The third-order valence-electron chi connectivity index (χ3n) is 4.45. The third kappa shape index (κ3) is 4.65. The average molecular weight is 415 g/mol. The van der Waals surface area contributed by atoms with Gasteiger partial charge in [-0.1, -0.05) is 68.4 Å². The van der Waals surface area contributed by atoms with E-state index in [0.29, 0.717) is 33.2 Å². The number of hydrogen-bond acceptors (Lipinski definition) is 4. The number of halogens is 1. The van der Waals surface area contributed by atoms with Crippen molar-refractivity contribution in [3.63, 3.8) is 0 Å². The predicted octanol–water partition coefficient (Wildman–Crippen LogP) is 5.24. The highest BCUT2D eigenvalue weighted by Crippen LogP contribution is 2.22. The maximum absolute atomic E-state index is 13.0. The molecule has 3 aromatic rings. The largest absolute Gasteiger partial charge is 0.293 e. The van der Waals surface area contributed by atoms with Gasteiger partial charge in [0, 0.05) is 17.1 Å². The number of thioether (sulfide) groups is 1. The minimum atomic E-state index is -0.122. The van der Waals surface area contributed by atoms with Crippen LogP contribution in [0, 0.1) is 5.92 Å². The molecule has 1 heterocycles. The van der Waals surface area contributed by atoms with Crippen molar-refractivity contribution in [1.82, 2.24) is 9.55 Å². The summed E-state index contributed by atoms with van der Waals surface area (Å²) in [6, 6.07) is 12.8. The van der Waals surface area contributed by atoms with E-state index in [0.717, 1.165) is 6.42 Å². The first-order valence-corrected chi connectivity index (χ1v) is 10.7. The fourth-order valence-corrected chi connectivity index (χ4v) is 4.02. The summed E-state index contributed by atoms with van der Waals surface area (Å²) < 4.78 is 1.65. The number of Topliss-reactive ketones (excluding diaryl/α,β-unsaturated/α-hetero) is 1. The van der Waals surface area contributed by atoms with Gasteiger partial charge in [0.2, 0.25) is 0 Å². The Bertz CT molecular complexity index is 1060. The number of carbonyl (C=O) groups excluding carboxylic acids is 1. The zero-order valence-corrected chi connectivity index (χ0v) is 17.8. The molecule has 0 saturated heterocycles. The lowest BCUT2D eigenvalue weighted by molar-refractivity contribution is 0.102. The fourth-order valence-electron chi connectivity index (χ4n) is 2.95. The van der Waals surface area contributed by atoms with Crippen molar-refractivity contribution in [1.29, 1.82) is 0 Å². The van der Waals surface area contributed by atoms with E-state index in [1.807, 2.05) is 38.1 Å². The summed E-state index contributed by atoms with van der Waals surface area (Å²) in [7, 11) is 0. The van der Waals surface area contributed by atoms with E-state index in [2.05, 4.69) is 11.9 Å². The Balaban J connectivity index is 1.91. The highest BCUT2D eigenvalue weighted by Gasteiger charge is 2.15. The van der Waals surface area contributed by atoms with Gasteiger partial charge in [0.15, 0.2) is 10.9 Å². The molecule has 2 aromatic carbocycles. The number of carbonyl (C=O) groups is 1. The first kappa shape index (κ1) is 20.6. The highest BCUT2D eigenvalue weighted by molar-refractivity contribution is 7.99. The van der Waals surface area contributed by atoms with Crippen LogP contribution in [0.15, 0.2) is 52.4 Å². The number of hydrogen-bond donors (Lipinski definition) is 0. The summed E-state index contributed by atoms with van der Waals surface area (Å²) in [5.74, 6) is 0.525. The Labute approximate surface area is 173 Å². The molecule has 0 fully saturated rings. The highest BCUT2D eigenvalue weighted by atomic mass is 35.5. The second-order valence-corrected chi connectivity index (χ2v) is 8.51. The molecule has 0 aliphatic heterocycles. The minimum absolute atomic E-state index is 0.0224. The zero-order chi connectivity index (χ0) is 20.3. The Hall–Kier alpha value is -2.11. The number of ketones is 1. The van der Waals surface area contributed by atoms with Crippen LogP contribution in [-0.4, -0.2) is 21.1 Å². The van der Waals surface area contributed by atoms with Crippen molar-refractivity contribution >= 4 is 40.0 Å². The number of aryl methyl sites for hydroxylation is 1. The average Bonchev–Trinajstić information content (AvgIpc) is 2.69. The van der Waals surface area contributed by atoms with Crippen molar-refractivity contribution in [2.24, 2.45) is 5.92 Å². The van der Waals surface area contributed by atoms with Crippen LogP contribution in [0.5, 0.6) is 0 Å². The molecule has 0 unspecified atom stereocenters. The smallest absolute Gasteiger partial charge is 0.262 e. The van der Waals surface area contributed by atoms with Gasteiger partial charge in [-0.2, -0.15) is 0 Å². The lowest BCUT2D eigenvalue weighted by Gasteiger charge is -2.15. The molecule has 0 amide bonds. The van der Waals surface area contributed by atoms with E-state index >= 15 is 0 Å². The number of rotatable bonds is 7. The fraction of sp³-hybridized carbons (Fsp3) is 0.318. The molecule has 0 saturated carbocycles. The first-order valence-electron chi connectivity index (χ1n) is 9.34. The maximum Gasteiger partial charge on any atom is 0.262 e. The standard InChI is InChI=1S/C22H23ClN2O2S/c1-4-15-5-7-16(8-6-15)20(26)13-28-22-24-19-10-9-17(23)11-18(19)21(27)25(22)12-14(2)3/h5-11,14H,4,12-13H2,1-3H3. The Morgan fingerprint density at radius 2 is 1.89 bits per heavy atom. The Kier molecular flexibility index (Phi) is 6.57. The molecule has 28 heavy (non-hydrogen) atoms. The molecule has 0 aliphatic rings. The van der Waals surface area contributed by atoms with Crippen LogP contribution in [0.2, 0.25) is 5.02 Å². The van der Waals surface area contributed by atoms with Gasteiger partial charge >= 0.3 is 0 Å². The van der Waals surface area contributed by atoms with E-state index < -0.39 is 0 Å². The first-order chi connectivity index (χ1) is 13.4. The normalized spacial score (nSPS) is 11.3.